The van der Waals surface area contributed by atoms with Crippen LogP contribution in [0.2, 0.25) is 0 Å². The van der Waals surface area contributed by atoms with E-state index in [-0.39, 0.29) is 10.6 Å². The van der Waals surface area contributed by atoms with Crippen LogP contribution >= 0.6 is 0 Å². The monoisotopic (exact) mass is 283 g/mol. The maximum atomic E-state index is 11.9. The molecule has 2 rings (SSSR count). The molecule has 0 saturated heterocycles. The predicted molar refractivity (Wildman–Crippen MR) is 68.7 cm³/mol. The Morgan fingerprint density at radius 1 is 1.32 bits per heavy atom. The molecule has 2 aromatic rings. The van der Waals surface area contributed by atoms with Gasteiger partial charge >= 0.3 is 5.97 Å². The summed E-state index contributed by atoms with van der Waals surface area (Å²) < 4.78 is 28.6. The van der Waals surface area contributed by atoms with Crippen LogP contribution in [0.25, 0.3) is 10.9 Å². The van der Waals surface area contributed by atoms with Gasteiger partial charge in [-0.2, -0.15) is 8.42 Å². The molecule has 7 heteroatoms. The molecule has 2 N–H and O–H groups in total. The van der Waals surface area contributed by atoms with Gasteiger partial charge in [-0.05, 0) is 38.1 Å². The molecule has 0 aliphatic carbocycles. The minimum absolute atomic E-state index is 0.00430. The number of carboxylic acids is 1. The third kappa shape index (κ3) is 2.77. The summed E-state index contributed by atoms with van der Waals surface area (Å²) in [5, 5.41) is 9.37. The van der Waals surface area contributed by atoms with Crippen LogP contribution in [0, 0.1) is 0 Å². The number of fused-ring (bicyclic) bond motifs is 1. The van der Waals surface area contributed by atoms with Crippen LogP contribution < -0.4 is 0 Å². The number of rotatable bonds is 4. The summed E-state index contributed by atoms with van der Waals surface area (Å²) in [6.07, 6.45) is -0.457. The maximum absolute atomic E-state index is 11.9. The number of carboxylic acid groups (broad SMARTS) is 1. The highest BCUT2D eigenvalue weighted by molar-refractivity contribution is 7.86. The van der Waals surface area contributed by atoms with Crippen LogP contribution in [0.15, 0.2) is 29.2 Å². The van der Waals surface area contributed by atoms with Crippen molar-refractivity contribution in [2.45, 2.75) is 24.8 Å². The van der Waals surface area contributed by atoms with Crippen LogP contribution in [0.3, 0.4) is 0 Å². The van der Waals surface area contributed by atoms with E-state index in [2.05, 4.69) is 4.98 Å². The van der Waals surface area contributed by atoms with Crippen molar-refractivity contribution in [2.75, 3.05) is 0 Å². The molecule has 0 spiro atoms. The first-order valence-corrected chi connectivity index (χ1v) is 7.00. The van der Waals surface area contributed by atoms with Crippen molar-refractivity contribution in [3.8, 4) is 0 Å². The Hall–Kier alpha value is -1.86. The number of aromatic nitrogens is 1. The Morgan fingerprint density at radius 2 is 2.00 bits per heavy atom. The molecular weight excluding hydrogens is 270 g/mol. The standard InChI is InChI=1S/C12H13NO5S/c1-7(2)18-19(16,17)9-3-4-10-8(5-9)6-11(13-10)12(14)15/h3-7,13H,1-2H3,(H,14,15). The average molecular weight is 283 g/mol. The summed E-state index contributed by atoms with van der Waals surface area (Å²) in [6.45, 7) is 3.24. The zero-order valence-corrected chi connectivity index (χ0v) is 11.2. The van der Waals surface area contributed by atoms with Gasteiger partial charge in [-0.15, -0.1) is 0 Å². The predicted octanol–water partition coefficient (Wildman–Crippen LogP) is 1.98. The number of hydrogen-bond acceptors (Lipinski definition) is 4. The minimum atomic E-state index is -3.82. The fourth-order valence-corrected chi connectivity index (χ4v) is 2.81. The smallest absolute Gasteiger partial charge is 0.352 e. The lowest BCUT2D eigenvalue weighted by Gasteiger charge is -2.08. The third-order valence-electron chi connectivity index (χ3n) is 2.43. The second-order valence-corrected chi connectivity index (χ2v) is 5.91. The highest BCUT2D eigenvalue weighted by Gasteiger charge is 2.18. The highest BCUT2D eigenvalue weighted by Crippen LogP contribution is 2.22. The number of carbonyl (C=O) groups is 1. The molecular formula is C12H13NO5S. The van der Waals surface area contributed by atoms with E-state index in [1.165, 1.54) is 24.3 Å². The van der Waals surface area contributed by atoms with E-state index in [1.807, 2.05) is 0 Å². The van der Waals surface area contributed by atoms with Crippen LogP contribution in [0.4, 0.5) is 0 Å². The Labute approximate surface area is 110 Å². The highest BCUT2D eigenvalue weighted by atomic mass is 32.2. The van der Waals surface area contributed by atoms with Crippen molar-refractivity contribution >= 4 is 27.0 Å². The largest absolute Gasteiger partial charge is 0.477 e. The molecule has 0 saturated carbocycles. The van der Waals surface area contributed by atoms with E-state index < -0.39 is 22.2 Å². The first-order chi connectivity index (χ1) is 8.79. The number of aromatic carboxylic acids is 1. The van der Waals surface area contributed by atoms with Gasteiger partial charge < -0.3 is 10.1 Å². The quantitative estimate of drug-likeness (QED) is 0.836. The van der Waals surface area contributed by atoms with Crippen molar-refractivity contribution in [1.82, 2.24) is 4.98 Å². The fraction of sp³-hybridized carbons (Fsp3) is 0.250. The van der Waals surface area contributed by atoms with E-state index in [0.29, 0.717) is 10.9 Å². The molecule has 0 atom stereocenters. The van der Waals surface area contributed by atoms with E-state index in [1.54, 1.807) is 13.8 Å². The third-order valence-corrected chi connectivity index (χ3v) is 3.90. The molecule has 1 heterocycles. The fourth-order valence-electron chi connectivity index (χ4n) is 1.69. The summed E-state index contributed by atoms with van der Waals surface area (Å²) in [7, 11) is -3.82. The van der Waals surface area contributed by atoms with Gasteiger partial charge in [-0.1, -0.05) is 0 Å². The van der Waals surface area contributed by atoms with Crippen molar-refractivity contribution in [1.29, 1.82) is 0 Å². The van der Waals surface area contributed by atoms with E-state index >= 15 is 0 Å². The van der Waals surface area contributed by atoms with Crippen LogP contribution in [0.1, 0.15) is 24.3 Å². The molecule has 0 fully saturated rings. The molecule has 6 nitrogen and oxygen atoms in total. The normalized spacial score (nSPS) is 12.2. The summed E-state index contributed by atoms with van der Waals surface area (Å²) in [5.74, 6) is -1.10. The van der Waals surface area contributed by atoms with Crippen molar-refractivity contribution < 1.29 is 22.5 Å². The Balaban J connectivity index is 2.50. The number of hydrogen-bond donors (Lipinski definition) is 2. The molecule has 19 heavy (non-hydrogen) atoms. The first-order valence-electron chi connectivity index (χ1n) is 5.59. The summed E-state index contributed by atoms with van der Waals surface area (Å²) in [5.41, 5.74) is 0.565. The second-order valence-electron chi connectivity index (χ2n) is 4.34. The molecule has 0 amide bonds. The van der Waals surface area contributed by atoms with Crippen molar-refractivity contribution in [2.24, 2.45) is 0 Å². The Bertz CT molecular complexity index is 730. The van der Waals surface area contributed by atoms with Crippen LogP contribution in [-0.4, -0.2) is 30.6 Å². The first kappa shape index (κ1) is 13.6. The molecule has 0 unspecified atom stereocenters. The molecule has 102 valence electrons. The van der Waals surface area contributed by atoms with E-state index in [9.17, 15) is 13.2 Å². The Morgan fingerprint density at radius 3 is 2.58 bits per heavy atom. The lowest BCUT2D eigenvalue weighted by molar-refractivity contribution is 0.0691. The summed E-state index contributed by atoms with van der Waals surface area (Å²) in [6, 6.07) is 5.66. The van der Waals surface area contributed by atoms with Gasteiger partial charge in [-0.3, -0.25) is 4.18 Å². The van der Waals surface area contributed by atoms with Gasteiger partial charge in [0.15, 0.2) is 0 Å². The van der Waals surface area contributed by atoms with Gasteiger partial charge in [-0.25, -0.2) is 4.79 Å². The number of nitrogens with one attached hydrogen (secondary N) is 1. The van der Waals surface area contributed by atoms with Gasteiger partial charge in [0, 0.05) is 10.9 Å². The van der Waals surface area contributed by atoms with E-state index in [0.717, 1.165) is 0 Å². The molecule has 0 bridgehead atoms. The summed E-state index contributed by atoms with van der Waals surface area (Å²) in [4.78, 5) is 13.5. The molecule has 1 aromatic carbocycles. The van der Waals surface area contributed by atoms with E-state index in [4.69, 9.17) is 9.29 Å². The average Bonchev–Trinajstić information content (AvgIpc) is 2.69. The number of benzene rings is 1. The van der Waals surface area contributed by atoms with Crippen molar-refractivity contribution in [3.05, 3.63) is 30.0 Å². The van der Waals surface area contributed by atoms with Crippen LogP contribution in [0.5, 0.6) is 0 Å². The maximum Gasteiger partial charge on any atom is 0.352 e. The van der Waals surface area contributed by atoms with Crippen LogP contribution in [-0.2, 0) is 14.3 Å². The number of H-pyrrole nitrogens is 1. The van der Waals surface area contributed by atoms with Gasteiger partial charge in [0.05, 0.1) is 11.0 Å². The van der Waals surface area contributed by atoms with Gasteiger partial charge in [0.2, 0.25) is 0 Å². The summed E-state index contributed by atoms with van der Waals surface area (Å²) >= 11 is 0. The zero-order chi connectivity index (χ0) is 14.2. The second kappa shape index (κ2) is 4.67. The molecule has 1 aromatic heterocycles. The SMILES string of the molecule is CC(C)OS(=O)(=O)c1ccc2[nH]c(C(=O)O)cc2c1. The molecule has 0 radical (unpaired) electrons. The topological polar surface area (TPSA) is 96.5 Å². The molecule has 0 aliphatic heterocycles. The lowest BCUT2D eigenvalue weighted by atomic mass is 10.2. The van der Waals surface area contributed by atoms with Gasteiger partial charge in [0.25, 0.3) is 10.1 Å². The Kier molecular flexibility index (Phi) is 3.34. The minimum Gasteiger partial charge on any atom is -0.477 e. The van der Waals surface area contributed by atoms with Gasteiger partial charge in [0.1, 0.15) is 5.69 Å². The molecule has 0 aliphatic rings. The number of aromatic amines is 1. The lowest BCUT2D eigenvalue weighted by Crippen LogP contribution is -2.12. The zero-order valence-electron chi connectivity index (χ0n) is 10.4. The van der Waals surface area contributed by atoms with Crippen molar-refractivity contribution in [3.63, 3.8) is 0 Å².